The number of urea groups is 1. The van der Waals surface area contributed by atoms with Crippen LogP contribution in [0.1, 0.15) is 16.7 Å². The molecule has 1 saturated heterocycles. The molecule has 1 heterocycles. The molecule has 2 aromatic rings. The number of rotatable bonds is 2. The molecule has 126 valence electrons. The fourth-order valence-electron chi connectivity index (χ4n) is 3.12. The summed E-state index contributed by atoms with van der Waals surface area (Å²) in [6.07, 6.45) is 0. The van der Waals surface area contributed by atoms with E-state index < -0.39 is 0 Å². The van der Waals surface area contributed by atoms with Gasteiger partial charge in [-0.2, -0.15) is 0 Å². The molecule has 1 aliphatic heterocycles. The van der Waals surface area contributed by atoms with Crippen LogP contribution in [0.3, 0.4) is 0 Å². The molecule has 0 radical (unpaired) electrons. The van der Waals surface area contributed by atoms with Crippen LogP contribution in [0.25, 0.3) is 0 Å². The SMILES string of the molecule is Cc1ccc(C)c(N2CCN(C(=O)Nc3ccccc3C)CC2)c1. The fraction of sp³-hybridized carbons (Fsp3) is 0.350. The summed E-state index contributed by atoms with van der Waals surface area (Å²) in [6.45, 7) is 9.49. The van der Waals surface area contributed by atoms with Gasteiger partial charge in [-0.3, -0.25) is 0 Å². The minimum Gasteiger partial charge on any atom is -0.368 e. The molecular formula is C20H25N3O. The van der Waals surface area contributed by atoms with E-state index in [4.69, 9.17) is 0 Å². The Morgan fingerprint density at radius 1 is 0.917 bits per heavy atom. The monoisotopic (exact) mass is 323 g/mol. The second-order valence-electron chi connectivity index (χ2n) is 6.51. The van der Waals surface area contributed by atoms with Gasteiger partial charge in [0.1, 0.15) is 0 Å². The lowest BCUT2D eigenvalue weighted by molar-refractivity contribution is 0.208. The maximum Gasteiger partial charge on any atom is 0.321 e. The number of benzene rings is 2. The van der Waals surface area contributed by atoms with E-state index in [0.717, 1.165) is 37.4 Å². The van der Waals surface area contributed by atoms with Crippen LogP contribution >= 0.6 is 0 Å². The highest BCUT2D eigenvalue weighted by Gasteiger charge is 2.22. The lowest BCUT2D eigenvalue weighted by Gasteiger charge is -2.37. The Morgan fingerprint density at radius 3 is 2.33 bits per heavy atom. The smallest absolute Gasteiger partial charge is 0.321 e. The molecule has 0 aromatic heterocycles. The number of para-hydroxylation sites is 1. The van der Waals surface area contributed by atoms with Crippen molar-refractivity contribution in [2.24, 2.45) is 0 Å². The summed E-state index contributed by atoms with van der Waals surface area (Å²) >= 11 is 0. The molecule has 1 aliphatic rings. The Kier molecular flexibility index (Phi) is 4.74. The molecule has 0 atom stereocenters. The van der Waals surface area contributed by atoms with Gasteiger partial charge in [-0.05, 0) is 49.6 Å². The van der Waals surface area contributed by atoms with E-state index in [1.807, 2.05) is 36.1 Å². The van der Waals surface area contributed by atoms with Crippen LogP contribution in [0.5, 0.6) is 0 Å². The molecule has 0 unspecified atom stereocenters. The average molecular weight is 323 g/mol. The van der Waals surface area contributed by atoms with Crippen LogP contribution in [0.15, 0.2) is 42.5 Å². The lowest BCUT2D eigenvalue weighted by atomic mass is 10.1. The van der Waals surface area contributed by atoms with E-state index in [0.29, 0.717) is 0 Å². The van der Waals surface area contributed by atoms with Gasteiger partial charge in [-0.1, -0.05) is 30.3 Å². The second-order valence-corrected chi connectivity index (χ2v) is 6.51. The lowest BCUT2D eigenvalue weighted by Crippen LogP contribution is -2.50. The topological polar surface area (TPSA) is 35.6 Å². The van der Waals surface area contributed by atoms with E-state index in [1.165, 1.54) is 16.8 Å². The van der Waals surface area contributed by atoms with Crippen molar-refractivity contribution in [3.05, 3.63) is 59.2 Å². The van der Waals surface area contributed by atoms with Crippen LogP contribution in [-0.2, 0) is 0 Å². The molecular weight excluding hydrogens is 298 g/mol. The normalized spacial score (nSPS) is 14.6. The largest absolute Gasteiger partial charge is 0.368 e. The number of carbonyl (C=O) groups excluding carboxylic acids is 1. The predicted molar refractivity (Wildman–Crippen MR) is 99.9 cm³/mol. The zero-order valence-electron chi connectivity index (χ0n) is 14.7. The molecule has 0 bridgehead atoms. The molecule has 24 heavy (non-hydrogen) atoms. The van der Waals surface area contributed by atoms with Gasteiger partial charge in [-0.25, -0.2) is 4.79 Å². The number of hydrogen-bond acceptors (Lipinski definition) is 2. The van der Waals surface area contributed by atoms with Crippen molar-refractivity contribution in [1.82, 2.24) is 4.90 Å². The molecule has 0 spiro atoms. The van der Waals surface area contributed by atoms with E-state index in [2.05, 4.69) is 42.3 Å². The Bertz CT molecular complexity index is 733. The Labute approximate surface area is 144 Å². The summed E-state index contributed by atoms with van der Waals surface area (Å²) in [5, 5.41) is 3.02. The first kappa shape index (κ1) is 16.4. The van der Waals surface area contributed by atoms with E-state index in [-0.39, 0.29) is 6.03 Å². The molecule has 1 fully saturated rings. The number of hydrogen-bond donors (Lipinski definition) is 1. The highest BCUT2D eigenvalue weighted by Crippen LogP contribution is 2.23. The standard InChI is InChI=1S/C20H25N3O/c1-15-8-9-17(3)19(14-15)22-10-12-23(13-11-22)20(24)21-18-7-5-4-6-16(18)2/h4-9,14H,10-13H2,1-3H3,(H,21,24). The first-order chi connectivity index (χ1) is 11.5. The van der Waals surface area contributed by atoms with Crippen LogP contribution < -0.4 is 10.2 Å². The molecule has 0 saturated carbocycles. The van der Waals surface area contributed by atoms with Crippen molar-refractivity contribution in [2.45, 2.75) is 20.8 Å². The average Bonchev–Trinajstić information content (AvgIpc) is 2.59. The zero-order chi connectivity index (χ0) is 17.1. The van der Waals surface area contributed by atoms with Crippen molar-refractivity contribution in [3.63, 3.8) is 0 Å². The molecule has 0 aliphatic carbocycles. The minimum atomic E-state index is -0.00934. The highest BCUT2D eigenvalue weighted by molar-refractivity contribution is 5.90. The van der Waals surface area contributed by atoms with Crippen LogP contribution in [-0.4, -0.2) is 37.1 Å². The fourth-order valence-corrected chi connectivity index (χ4v) is 3.12. The molecule has 4 nitrogen and oxygen atoms in total. The second kappa shape index (κ2) is 6.95. The van der Waals surface area contributed by atoms with Gasteiger partial charge in [0, 0.05) is 37.6 Å². The van der Waals surface area contributed by atoms with Crippen LogP contribution in [0, 0.1) is 20.8 Å². The predicted octanol–water partition coefficient (Wildman–Crippen LogP) is 3.97. The summed E-state index contributed by atoms with van der Waals surface area (Å²) in [5.74, 6) is 0. The van der Waals surface area contributed by atoms with Crippen molar-refractivity contribution < 1.29 is 4.79 Å². The Balaban J connectivity index is 1.61. The van der Waals surface area contributed by atoms with Crippen LogP contribution in [0.2, 0.25) is 0 Å². The third-order valence-corrected chi connectivity index (χ3v) is 4.66. The zero-order valence-corrected chi connectivity index (χ0v) is 14.7. The maximum absolute atomic E-state index is 12.5. The number of amides is 2. The molecule has 1 N–H and O–H groups in total. The van der Waals surface area contributed by atoms with Crippen molar-refractivity contribution in [3.8, 4) is 0 Å². The molecule has 4 heteroatoms. The third-order valence-electron chi connectivity index (χ3n) is 4.66. The number of aryl methyl sites for hydroxylation is 3. The van der Waals surface area contributed by atoms with E-state index in [1.54, 1.807) is 0 Å². The summed E-state index contributed by atoms with van der Waals surface area (Å²) < 4.78 is 0. The van der Waals surface area contributed by atoms with E-state index >= 15 is 0 Å². The first-order valence-corrected chi connectivity index (χ1v) is 8.48. The number of anilines is 2. The van der Waals surface area contributed by atoms with Gasteiger partial charge in [0.15, 0.2) is 0 Å². The molecule has 2 aromatic carbocycles. The van der Waals surface area contributed by atoms with Gasteiger partial charge in [0.25, 0.3) is 0 Å². The summed E-state index contributed by atoms with van der Waals surface area (Å²) in [5.41, 5.74) is 5.82. The first-order valence-electron chi connectivity index (χ1n) is 8.48. The minimum absolute atomic E-state index is 0.00934. The number of nitrogens with zero attached hydrogens (tertiary/aromatic N) is 2. The maximum atomic E-state index is 12.5. The van der Waals surface area contributed by atoms with Crippen molar-refractivity contribution >= 4 is 17.4 Å². The van der Waals surface area contributed by atoms with Gasteiger partial charge in [0.2, 0.25) is 0 Å². The van der Waals surface area contributed by atoms with Gasteiger partial charge < -0.3 is 15.1 Å². The summed E-state index contributed by atoms with van der Waals surface area (Å²) in [6, 6.07) is 14.4. The van der Waals surface area contributed by atoms with E-state index in [9.17, 15) is 4.79 Å². The Morgan fingerprint density at radius 2 is 1.62 bits per heavy atom. The van der Waals surface area contributed by atoms with Crippen molar-refractivity contribution in [1.29, 1.82) is 0 Å². The number of piperazine rings is 1. The quantitative estimate of drug-likeness (QED) is 0.908. The number of carbonyl (C=O) groups is 1. The Hall–Kier alpha value is -2.49. The molecule has 3 rings (SSSR count). The van der Waals surface area contributed by atoms with Gasteiger partial charge in [0.05, 0.1) is 0 Å². The van der Waals surface area contributed by atoms with Crippen molar-refractivity contribution in [2.75, 3.05) is 36.4 Å². The number of nitrogens with one attached hydrogen (secondary N) is 1. The van der Waals surface area contributed by atoms with Crippen LogP contribution in [0.4, 0.5) is 16.2 Å². The highest BCUT2D eigenvalue weighted by atomic mass is 16.2. The molecule has 2 amide bonds. The van der Waals surface area contributed by atoms with Gasteiger partial charge >= 0.3 is 6.03 Å². The summed E-state index contributed by atoms with van der Waals surface area (Å²) in [7, 11) is 0. The third kappa shape index (κ3) is 3.53. The summed E-state index contributed by atoms with van der Waals surface area (Å²) in [4.78, 5) is 16.8. The van der Waals surface area contributed by atoms with Gasteiger partial charge in [-0.15, -0.1) is 0 Å².